The number of thiocyanates is 1. The van der Waals surface area contributed by atoms with Crippen LogP contribution in [0.15, 0.2) is 10.4 Å². The van der Waals surface area contributed by atoms with Gasteiger partial charge in [0.25, 0.3) is 0 Å². The average molecular weight is 422 g/mol. The largest absolute Gasteiger partial charge is 0.343 e. The molecule has 7 nitrogen and oxygen atoms in total. The molecule has 1 saturated carbocycles. The highest BCUT2D eigenvalue weighted by Crippen LogP contribution is 2.32. The predicted molar refractivity (Wildman–Crippen MR) is 111 cm³/mol. The van der Waals surface area contributed by atoms with E-state index in [-0.39, 0.29) is 24.0 Å². The van der Waals surface area contributed by atoms with Crippen LogP contribution in [-0.4, -0.2) is 51.9 Å². The third kappa shape index (κ3) is 5.17. The van der Waals surface area contributed by atoms with Gasteiger partial charge in [-0.1, -0.05) is 18.3 Å². The zero-order valence-corrected chi connectivity index (χ0v) is 18.0. The number of nitrogens with zero attached hydrogens (tertiary/aromatic N) is 4. The molecule has 9 heteroatoms. The van der Waals surface area contributed by atoms with Crippen molar-refractivity contribution in [1.82, 2.24) is 14.8 Å². The second-order valence-electron chi connectivity index (χ2n) is 7.67. The molecule has 1 N–H and O–H groups in total. The van der Waals surface area contributed by atoms with Crippen LogP contribution in [0.5, 0.6) is 0 Å². The Bertz CT molecular complexity index is 731. The Morgan fingerprint density at radius 3 is 2.50 bits per heavy atom. The van der Waals surface area contributed by atoms with Crippen molar-refractivity contribution in [3.05, 3.63) is 6.20 Å². The van der Waals surface area contributed by atoms with Gasteiger partial charge in [0.2, 0.25) is 5.91 Å². The highest BCUT2D eigenvalue weighted by Gasteiger charge is 2.35. The normalized spacial score (nSPS) is 23.1. The fraction of sp³-hybridized carbons (Fsp3) is 0.684. The number of thiazole rings is 1. The van der Waals surface area contributed by atoms with Crippen LogP contribution in [0.4, 0.5) is 9.93 Å². The minimum atomic E-state index is -0.108. The van der Waals surface area contributed by atoms with E-state index in [1.54, 1.807) is 13.1 Å². The Balaban J connectivity index is 1.71. The Morgan fingerprint density at radius 1 is 1.25 bits per heavy atom. The molecule has 0 aromatic carbocycles. The minimum absolute atomic E-state index is 0.103. The van der Waals surface area contributed by atoms with Gasteiger partial charge in [-0.25, -0.2) is 9.78 Å². The standard InChI is InChI=1S/C19H27N5O2S2/c1-13-3-5-15(6-4-13)24(16-7-9-23(10-8-16)14(2)25)19(26)22-18-21-11-17(28-18)27-12-20/h11,13,15-16H,3-10H2,1-2H3,(H,21,22,26)/t13-,15-. The van der Waals surface area contributed by atoms with Crippen molar-refractivity contribution >= 4 is 40.2 Å². The number of hydrogen-bond acceptors (Lipinski definition) is 6. The molecular formula is C19H27N5O2S2. The third-order valence-corrected chi connectivity index (χ3v) is 7.37. The quantitative estimate of drug-likeness (QED) is 0.583. The zero-order chi connectivity index (χ0) is 20.1. The van der Waals surface area contributed by atoms with E-state index in [9.17, 15) is 9.59 Å². The summed E-state index contributed by atoms with van der Waals surface area (Å²) >= 11 is 2.37. The number of likely N-dealkylation sites (tertiary alicyclic amines) is 1. The van der Waals surface area contributed by atoms with E-state index >= 15 is 0 Å². The number of nitriles is 1. The van der Waals surface area contributed by atoms with Crippen molar-refractivity contribution in [2.45, 2.75) is 68.7 Å². The number of rotatable bonds is 4. The molecule has 1 aliphatic carbocycles. The van der Waals surface area contributed by atoms with Crippen LogP contribution >= 0.6 is 23.1 Å². The molecule has 1 aromatic rings. The van der Waals surface area contributed by atoms with E-state index in [0.29, 0.717) is 24.1 Å². The SMILES string of the molecule is CC(=O)N1CCC(N(C(=O)Nc2ncc(SC#N)s2)[C@H]2CC[C@H](C)CC2)CC1. The summed E-state index contributed by atoms with van der Waals surface area (Å²) in [7, 11) is 0. The molecule has 1 aromatic heterocycles. The molecule has 2 fully saturated rings. The lowest BCUT2D eigenvalue weighted by atomic mass is 9.85. The second kappa shape index (κ2) is 9.61. The Kier molecular flexibility index (Phi) is 7.18. The number of aromatic nitrogens is 1. The summed E-state index contributed by atoms with van der Waals surface area (Å²) in [6.07, 6.45) is 7.57. The maximum absolute atomic E-state index is 13.2. The van der Waals surface area contributed by atoms with Gasteiger partial charge < -0.3 is 9.80 Å². The number of carbonyl (C=O) groups excluding carboxylic acids is 2. The summed E-state index contributed by atoms with van der Waals surface area (Å²) in [5, 5.41) is 14.3. The van der Waals surface area contributed by atoms with Gasteiger partial charge in [0.1, 0.15) is 5.40 Å². The molecule has 0 radical (unpaired) electrons. The van der Waals surface area contributed by atoms with Crippen LogP contribution in [0.25, 0.3) is 0 Å². The van der Waals surface area contributed by atoms with Crippen LogP contribution in [-0.2, 0) is 4.79 Å². The van der Waals surface area contributed by atoms with Gasteiger partial charge in [-0.15, -0.1) is 0 Å². The lowest BCUT2D eigenvalue weighted by molar-refractivity contribution is -0.130. The number of nitrogens with one attached hydrogen (secondary N) is 1. The molecule has 0 atom stereocenters. The smallest absolute Gasteiger partial charge is 0.324 e. The highest BCUT2D eigenvalue weighted by molar-refractivity contribution is 8.05. The maximum atomic E-state index is 13.2. The number of urea groups is 1. The number of thioether (sulfide) groups is 1. The van der Waals surface area contributed by atoms with Gasteiger partial charge in [-0.3, -0.25) is 10.1 Å². The topological polar surface area (TPSA) is 89.3 Å². The molecular weight excluding hydrogens is 394 g/mol. The molecule has 1 aliphatic heterocycles. The first-order chi connectivity index (χ1) is 13.5. The van der Waals surface area contributed by atoms with Crippen molar-refractivity contribution in [3.63, 3.8) is 0 Å². The fourth-order valence-electron chi connectivity index (χ4n) is 4.17. The molecule has 152 valence electrons. The lowest BCUT2D eigenvalue weighted by Gasteiger charge is -2.44. The van der Waals surface area contributed by atoms with Gasteiger partial charge in [-0.05, 0) is 44.4 Å². The molecule has 1 saturated heterocycles. The van der Waals surface area contributed by atoms with Crippen molar-refractivity contribution in [2.24, 2.45) is 5.92 Å². The van der Waals surface area contributed by atoms with Gasteiger partial charge in [0.15, 0.2) is 5.13 Å². The van der Waals surface area contributed by atoms with Crippen LogP contribution in [0.1, 0.15) is 52.4 Å². The van der Waals surface area contributed by atoms with Gasteiger partial charge in [0.05, 0.1) is 10.4 Å². The van der Waals surface area contributed by atoms with Crippen molar-refractivity contribution in [2.75, 3.05) is 18.4 Å². The number of hydrogen-bond donors (Lipinski definition) is 1. The number of piperidine rings is 1. The maximum Gasteiger partial charge on any atom is 0.324 e. The first-order valence-corrected chi connectivity index (χ1v) is 11.5. The van der Waals surface area contributed by atoms with Crippen LogP contribution in [0, 0.1) is 16.6 Å². The van der Waals surface area contributed by atoms with Gasteiger partial charge in [-0.2, -0.15) is 5.26 Å². The molecule has 2 heterocycles. The Hall–Kier alpha value is -1.79. The summed E-state index contributed by atoms with van der Waals surface area (Å²) in [4.78, 5) is 33.0. The second-order valence-corrected chi connectivity index (χ2v) is 9.78. The van der Waals surface area contributed by atoms with Crippen molar-refractivity contribution in [3.8, 4) is 5.40 Å². The zero-order valence-electron chi connectivity index (χ0n) is 16.4. The van der Waals surface area contributed by atoms with E-state index in [4.69, 9.17) is 5.26 Å². The van der Waals surface area contributed by atoms with Gasteiger partial charge >= 0.3 is 6.03 Å². The van der Waals surface area contributed by atoms with Crippen LogP contribution in [0.2, 0.25) is 0 Å². The van der Waals surface area contributed by atoms with Crippen molar-refractivity contribution in [1.29, 1.82) is 5.26 Å². The Labute approximate surface area is 174 Å². The van der Waals surface area contributed by atoms with E-state index < -0.39 is 0 Å². The summed E-state index contributed by atoms with van der Waals surface area (Å²) in [5.74, 6) is 0.816. The third-order valence-electron chi connectivity index (χ3n) is 5.76. The number of carbonyl (C=O) groups is 2. The first-order valence-electron chi connectivity index (χ1n) is 9.84. The lowest BCUT2D eigenvalue weighted by Crippen LogP contribution is -2.54. The first kappa shape index (κ1) is 20.9. The van der Waals surface area contributed by atoms with E-state index in [2.05, 4.69) is 17.2 Å². The van der Waals surface area contributed by atoms with Crippen molar-refractivity contribution < 1.29 is 9.59 Å². The molecule has 3 rings (SSSR count). The molecule has 3 amide bonds. The fourth-order valence-corrected chi connectivity index (χ4v) is 5.43. The highest BCUT2D eigenvalue weighted by atomic mass is 32.2. The van der Waals surface area contributed by atoms with E-state index in [1.807, 2.05) is 15.2 Å². The Morgan fingerprint density at radius 2 is 1.89 bits per heavy atom. The van der Waals surface area contributed by atoms with E-state index in [1.165, 1.54) is 11.3 Å². The molecule has 0 bridgehead atoms. The molecule has 28 heavy (non-hydrogen) atoms. The van der Waals surface area contributed by atoms with Crippen LogP contribution < -0.4 is 5.32 Å². The summed E-state index contributed by atoms with van der Waals surface area (Å²) < 4.78 is 0.769. The monoisotopic (exact) mass is 421 g/mol. The predicted octanol–water partition coefficient (Wildman–Crippen LogP) is 4.14. The summed E-state index contributed by atoms with van der Waals surface area (Å²) in [6, 6.07) is 0.267. The summed E-state index contributed by atoms with van der Waals surface area (Å²) in [5.41, 5.74) is 0. The molecule has 0 unspecified atom stereocenters. The van der Waals surface area contributed by atoms with Gasteiger partial charge in [0, 0.05) is 43.9 Å². The molecule has 2 aliphatic rings. The number of amides is 3. The summed E-state index contributed by atoms with van der Waals surface area (Å²) in [6.45, 7) is 5.28. The van der Waals surface area contributed by atoms with Crippen LogP contribution in [0.3, 0.4) is 0 Å². The number of anilines is 1. The molecule has 0 spiro atoms. The average Bonchev–Trinajstić information content (AvgIpc) is 3.11. The van der Waals surface area contributed by atoms with E-state index in [0.717, 1.165) is 54.5 Å². The minimum Gasteiger partial charge on any atom is -0.343 e.